The number of rotatable bonds is 5. The Balaban J connectivity index is 1.85. The number of H-pyrrole nitrogens is 1. The van der Waals surface area contributed by atoms with E-state index < -0.39 is 58.9 Å². The molecule has 0 bridgehead atoms. The number of amides is 1. The Bertz CT molecular complexity index is 1350. The van der Waals surface area contributed by atoms with Crippen molar-refractivity contribution in [3.05, 3.63) is 87.1 Å². The van der Waals surface area contributed by atoms with Gasteiger partial charge in [0.2, 0.25) is 5.56 Å². The molecule has 1 heterocycles. The number of ether oxygens (including phenoxy) is 1. The maximum atomic E-state index is 13.9. The summed E-state index contributed by atoms with van der Waals surface area (Å²) in [5.41, 5.74) is -2.41. The van der Waals surface area contributed by atoms with Crippen LogP contribution < -0.4 is 15.6 Å². The van der Waals surface area contributed by atoms with Gasteiger partial charge in [-0.15, -0.1) is 0 Å². The SMILES string of the molecule is [2H]C([2H])([2H])c1cc(F)ccc1Oc1cc(C(F)(F)F)c(C2CC2)cc1C(=O)Nc1cc[nH]c(=O)c1. The molecule has 1 saturated carbocycles. The van der Waals surface area contributed by atoms with Gasteiger partial charge in [0.15, 0.2) is 0 Å². The Kier molecular flexibility index (Phi) is 4.58. The first kappa shape index (κ1) is 18.0. The third-order valence-corrected chi connectivity index (χ3v) is 4.91. The van der Waals surface area contributed by atoms with Crippen LogP contribution in [0.1, 0.15) is 49.9 Å². The summed E-state index contributed by atoms with van der Waals surface area (Å²) < 4.78 is 83.7. The van der Waals surface area contributed by atoms with Crippen LogP contribution in [0, 0.1) is 12.7 Å². The molecule has 0 aliphatic heterocycles. The van der Waals surface area contributed by atoms with Crippen molar-refractivity contribution in [2.45, 2.75) is 31.8 Å². The van der Waals surface area contributed by atoms with Gasteiger partial charge in [-0.1, -0.05) is 0 Å². The van der Waals surface area contributed by atoms with E-state index in [1.165, 1.54) is 12.3 Å². The first-order chi connectivity index (χ1) is 16.3. The van der Waals surface area contributed by atoms with Crippen LogP contribution in [0.25, 0.3) is 0 Å². The van der Waals surface area contributed by atoms with Crippen molar-refractivity contribution < 1.29 is 31.2 Å². The van der Waals surface area contributed by atoms with Crippen LogP contribution in [0.4, 0.5) is 23.2 Å². The van der Waals surface area contributed by atoms with Crippen LogP contribution in [0.15, 0.2) is 53.5 Å². The molecule has 0 atom stereocenters. The number of anilines is 1. The molecular weight excluding hydrogens is 428 g/mol. The number of hydrogen-bond donors (Lipinski definition) is 2. The molecule has 3 aromatic rings. The van der Waals surface area contributed by atoms with Gasteiger partial charge >= 0.3 is 6.18 Å². The number of benzene rings is 2. The fourth-order valence-corrected chi connectivity index (χ4v) is 3.27. The summed E-state index contributed by atoms with van der Waals surface area (Å²) in [5, 5.41) is 2.43. The van der Waals surface area contributed by atoms with E-state index in [-0.39, 0.29) is 16.8 Å². The van der Waals surface area contributed by atoms with Crippen LogP contribution in [0.3, 0.4) is 0 Å². The maximum Gasteiger partial charge on any atom is 0.416 e. The summed E-state index contributed by atoms with van der Waals surface area (Å²) in [6.45, 7) is -2.84. The van der Waals surface area contributed by atoms with Crippen molar-refractivity contribution in [2.24, 2.45) is 0 Å². The highest BCUT2D eigenvalue weighted by molar-refractivity contribution is 6.06. The molecule has 0 saturated heterocycles. The Morgan fingerprint density at radius 2 is 1.94 bits per heavy atom. The van der Waals surface area contributed by atoms with Crippen LogP contribution >= 0.6 is 0 Å². The Hall–Kier alpha value is -3.62. The summed E-state index contributed by atoms with van der Waals surface area (Å²) in [6, 6.07) is 6.72. The average molecular weight is 449 g/mol. The molecule has 32 heavy (non-hydrogen) atoms. The molecule has 166 valence electrons. The van der Waals surface area contributed by atoms with E-state index in [1.807, 2.05) is 0 Å². The lowest BCUT2D eigenvalue weighted by molar-refractivity contribution is -0.138. The van der Waals surface area contributed by atoms with Crippen LogP contribution in [-0.2, 0) is 6.18 Å². The molecule has 1 aliphatic carbocycles. The zero-order chi connectivity index (χ0) is 25.5. The predicted molar refractivity (Wildman–Crippen MR) is 110 cm³/mol. The number of aryl methyl sites for hydroxylation is 1. The minimum absolute atomic E-state index is 0.0857. The maximum absolute atomic E-state index is 13.9. The Morgan fingerprint density at radius 1 is 1.16 bits per heavy atom. The fourth-order valence-electron chi connectivity index (χ4n) is 3.27. The first-order valence-corrected chi connectivity index (χ1v) is 9.56. The van der Waals surface area contributed by atoms with Gasteiger partial charge in [0.25, 0.3) is 5.91 Å². The number of nitrogens with one attached hydrogen (secondary N) is 2. The van der Waals surface area contributed by atoms with Gasteiger partial charge in [0.05, 0.1) is 11.1 Å². The molecule has 1 fully saturated rings. The highest BCUT2D eigenvalue weighted by atomic mass is 19.4. The van der Waals surface area contributed by atoms with Gasteiger partial charge in [0, 0.05) is 22.1 Å². The van der Waals surface area contributed by atoms with E-state index in [9.17, 15) is 27.2 Å². The number of alkyl halides is 3. The lowest BCUT2D eigenvalue weighted by atomic mass is 9.98. The molecule has 1 aromatic heterocycles. The van der Waals surface area contributed by atoms with Gasteiger partial charge in [-0.2, -0.15) is 13.2 Å². The number of hydrogen-bond acceptors (Lipinski definition) is 3. The van der Waals surface area contributed by atoms with E-state index in [0.29, 0.717) is 25.0 Å². The first-order valence-electron chi connectivity index (χ1n) is 11.1. The normalized spacial score (nSPS) is 15.4. The summed E-state index contributed by atoms with van der Waals surface area (Å²) >= 11 is 0. The van der Waals surface area contributed by atoms with Crippen molar-refractivity contribution in [1.82, 2.24) is 4.98 Å². The molecule has 2 N–H and O–H groups in total. The van der Waals surface area contributed by atoms with E-state index in [2.05, 4.69) is 10.3 Å². The van der Waals surface area contributed by atoms with Crippen molar-refractivity contribution in [3.8, 4) is 11.5 Å². The topological polar surface area (TPSA) is 71.2 Å². The van der Waals surface area contributed by atoms with Crippen molar-refractivity contribution in [3.63, 3.8) is 0 Å². The zero-order valence-corrected chi connectivity index (χ0v) is 16.3. The smallest absolute Gasteiger partial charge is 0.416 e. The van der Waals surface area contributed by atoms with Crippen LogP contribution in [0.2, 0.25) is 0 Å². The molecule has 0 radical (unpaired) electrons. The van der Waals surface area contributed by atoms with E-state index in [4.69, 9.17) is 8.85 Å². The predicted octanol–water partition coefficient (Wildman–Crippen LogP) is 5.76. The van der Waals surface area contributed by atoms with Crippen molar-refractivity contribution in [1.29, 1.82) is 0 Å². The number of carbonyl (C=O) groups excluding carboxylic acids is 1. The number of halogens is 4. The molecule has 9 heteroatoms. The molecule has 0 unspecified atom stereocenters. The van der Waals surface area contributed by atoms with Gasteiger partial charge in [-0.05, 0) is 73.1 Å². The van der Waals surface area contributed by atoms with Crippen LogP contribution in [0.5, 0.6) is 11.5 Å². The van der Waals surface area contributed by atoms with Gasteiger partial charge < -0.3 is 15.0 Å². The molecular formula is C23H18F4N2O3. The molecule has 1 aliphatic rings. The lowest BCUT2D eigenvalue weighted by Gasteiger charge is -2.19. The average Bonchev–Trinajstić information content (AvgIpc) is 3.58. The Morgan fingerprint density at radius 3 is 2.59 bits per heavy atom. The number of aromatic nitrogens is 1. The van der Waals surface area contributed by atoms with E-state index >= 15 is 0 Å². The standard InChI is InChI=1S/C23H18F4N2O3/c1-12-8-14(24)4-5-19(12)32-20-11-18(23(25,26)27)16(13-2-3-13)10-17(20)22(31)29-15-6-7-28-21(30)9-15/h4-11,13H,2-3H2,1H3,(H2,28,29,30,31)/i1D3. The second kappa shape index (κ2) is 8.14. The van der Waals surface area contributed by atoms with Crippen molar-refractivity contribution >= 4 is 11.6 Å². The number of aromatic amines is 1. The summed E-state index contributed by atoms with van der Waals surface area (Å²) in [7, 11) is 0. The van der Waals surface area contributed by atoms with Gasteiger partial charge in [-0.3, -0.25) is 9.59 Å². The fraction of sp³-hybridized carbons (Fsp3) is 0.217. The van der Waals surface area contributed by atoms with E-state index in [1.54, 1.807) is 0 Å². The third-order valence-electron chi connectivity index (χ3n) is 4.91. The highest BCUT2D eigenvalue weighted by Gasteiger charge is 2.40. The molecule has 0 spiro atoms. The second-order valence-corrected chi connectivity index (χ2v) is 7.35. The van der Waals surface area contributed by atoms with Crippen molar-refractivity contribution in [2.75, 3.05) is 5.32 Å². The van der Waals surface area contributed by atoms with Crippen LogP contribution in [-0.4, -0.2) is 10.9 Å². The summed E-state index contributed by atoms with van der Waals surface area (Å²) in [5.74, 6) is -3.14. The minimum Gasteiger partial charge on any atom is -0.456 e. The number of pyridine rings is 1. The summed E-state index contributed by atoms with van der Waals surface area (Å²) in [4.78, 5) is 27.0. The quantitative estimate of drug-likeness (QED) is 0.487. The lowest BCUT2D eigenvalue weighted by Crippen LogP contribution is -2.17. The van der Waals surface area contributed by atoms with Gasteiger partial charge in [-0.25, -0.2) is 4.39 Å². The summed E-state index contributed by atoms with van der Waals surface area (Å²) in [6.07, 6.45) is -2.47. The molecule has 4 rings (SSSR count). The minimum atomic E-state index is -4.77. The largest absolute Gasteiger partial charge is 0.456 e. The molecule has 5 nitrogen and oxygen atoms in total. The monoisotopic (exact) mass is 449 g/mol. The highest BCUT2D eigenvalue weighted by Crippen LogP contribution is 2.48. The second-order valence-electron chi connectivity index (χ2n) is 7.35. The third kappa shape index (κ3) is 4.66. The molecule has 1 amide bonds. The zero-order valence-electron chi connectivity index (χ0n) is 19.3. The van der Waals surface area contributed by atoms with E-state index in [0.717, 1.165) is 24.3 Å². The number of carbonyl (C=O) groups is 1. The van der Waals surface area contributed by atoms with Gasteiger partial charge in [0.1, 0.15) is 17.3 Å². The Labute approximate surface area is 184 Å². The molecule has 2 aromatic carbocycles.